The van der Waals surface area contributed by atoms with Crippen molar-refractivity contribution >= 4 is 23.2 Å². The van der Waals surface area contributed by atoms with E-state index in [9.17, 15) is 0 Å². The average molecular weight is 236 g/mol. The van der Waals surface area contributed by atoms with E-state index >= 15 is 0 Å². The first kappa shape index (κ1) is 13.6. The fraction of sp³-hybridized carbons (Fsp3) is 0.400. The molecule has 0 aliphatic carbocycles. The highest BCUT2D eigenvalue weighted by Gasteiger charge is 2.08. The van der Waals surface area contributed by atoms with Gasteiger partial charge in [-0.3, -0.25) is 0 Å². The van der Waals surface area contributed by atoms with E-state index < -0.39 is 0 Å². The number of halogens is 2. The van der Waals surface area contributed by atoms with Gasteiger partial charge in [-0.2, -0.15) is 0 Å². The Kier molecular flexibility index (Phi) is 6.71. The maximum absolute atomic E-state index is 5.77. The number of hydrogen-bond acceptors (Lipinski definition) is 2. The predicted octanol–water partition coefficient (Wildman–Crippen LogP) is 3.42. The average Bonchev–Trinajstić information content (AvgIpc) is 2.20. The summed E-state index contributed by atoms with van der Waals surface area (Å²) in [5, 5.41) is 0. The van der Waals surface area contributed by atoms with Crippen molar-refractivity contribution in [3.8, 4) is 5.75 Å². The molecule has 1 aromatic rings. The molecule has 1 rings (SSSR count). The second-order valence-electron chi connectivity index (χ2n) is 2.78. The summed E-state index contributed by atoms with van der Waals surface area (Å²) in [6.45, 7) is 0. The fourth-order valence-corrected chi connectivity index (χ4v) is 1.80. The molecule has 0 unspecified atom stereocenters. The SMILES string of the molecule is COc1cccc(C(CCl)CCl)c1.N. The number of alkyl halides is 2. The van der Waals surface area contributed by atoms with Crippen molar-refractivity contribution in [2.45, 2.75) is 5.92 Å². The third-order valence-corrected chi connectivity index (χ3v) is 2.68. The first-order chi connectivity index (χ1) is 6.31. The Bertz CT molecular complexity index is 264. The number of rotatable bonds is 4. The van der Waals surface area contributed by atoms with Crippen molar-refractivity contribution in [2.24, 2.45) is 0 Å². The third kappa shape index (κ3) is 3.37. The van der Waals surface area contributed by atoms with Gasteiger partial charge in [-0.05, 0) is 17.7 Å². The van der Waals surface area contributed by atoms with Gasteiger partial charge in [0.05, 0.1) is 7.11 Å². The lowest BCUT2D eigenvalue weighted by Crippen LogP contribution is -2.02. The highest BCUT2D eigenvalue weighted by Crippen LogP contribution is 2.22. The lowest BCUT2D eigenvalue weighted by molar-refractivity contribution is 0.414. The van der Waals surface area contributed by atoms with E-state index in [-0.39, 0.29) is 12.1 Å². The van der Waals surface area contributed by atoms with E-state index in [1.165, 1.54) is 0 Å². The van der Waals surface area contributed by atoms with Gasteiger partial charge in [-0.25, -0.2) is 0 Å². The normalized spacial score (nSPS) is 9.71. The molecule has 0 bridgehead atoms. The van der Waals surface area contributed by atoms with Crippen molar-refractivity contribution in [3.05, 3.63) is 29.8 Å². The molecule has 80 valence electrons. The Balaban J connectivity index is 0.00000169. The molecule has 14 heavy (non-hydrogen) atoms. The molecule has 0 saturated carbocycles. The molecule has 0 amide bonds. The maximum atomic E-state index is 5.77. The van der Waals surface area contributed by atoms with Crippen molar-refractivity contribution in [1.29, 1.82) is 0 Å². The first-order valence-corrected chi connectivity index (χ1v) is 5.14. The fourth-order valence-electron chi connectivity index (χ4n) is 1.11. The zero-order chi connectivity index (χ0) is 9.68. The molecule has 0 fully saturated rings. The van der Waals surface area contributed by atoms with Crippen molar-refractivity contribution in [1.82, 2.24) is 6.15 Å². The van der Waals surface area contributed by atoms with Crippen LogP contribution >= 0.6 is 23.2 Å². The molecule has 0 radical (unpaired) electrons. The van der Waals surface area contributed by atoms with Crippen LogP contribution in [0.15, 0.2) is 24.3 Å². The van der Waals surface area contributed by atoms with E-state index in [1.807, 2.05) is 24.3 Å². The molecule has 3 N–H and O–H groups in total. The Morgan fingerprint density at radius 1 is 1.29 bits per heavy atom. The standard InChI is InChI=1S/C10H12Cl2O.H3N/c1-13-10-4-2-3-8(5-10)9(6-11)7-12;/h2-5,9H,6-7H2,1H3;1H3. The van der Waals surface area contributed by atoms with Gasteiger partial charge in [0.1, 0.15) is 5.75 Å². The third-order valence-electron chi connectivity index (χ3n) is 1.94. The molecule has 0 aliphatic heterocycles. The molecule has 0 aromatic heterocycles. The van der Waals surface area contributed by atoms with Gasteiger partial charge in [0, 0.05) is 17.7 Å². The Labute approximate surface area is 94.7 Å². The second-order valence-corrected chi connectivity index (χ2v) is 3.40. The van der Waals surface area contributed by atoms with Crippen LogP contribution in [-0.4, -0.2) is 18.9 Å². The first-order valence-electron chi connectivity index (χ1n) is 4.07. The predicted molar refractivity (Wildman–Crippen MR) is 62.2 cm³/mol. The van der Waals surface area contributed by atoms with Gasteiger partial charge in [0.25, 0.3) is 0 Å². The monoisotopic (exact) mass is 235 g/mol. The molecule has 1 aromatic carbocycles. The molecule has 4 heteroatoms. The van der Waals surface area contributed by atoms with Crippen LogP contribution in [0, 0.1) is 0 Å². The lowest BCUT2D eigenvalue weighted by atomic mass is 10.0. The topological polar surface area (TPSA) is 44.2 Å². The van der Waals surface area contributed by atoms with Crippen molar-refractivity contribution in [2.75, 3.05) is 18.9 Å². The minimum atomic E-state index is 0. The molecule has 0 atom stereocenters. The Morgan fingerprint density at radius 3 is 2.43 bits per heavy atom. The zero-order valence-electron chi connectivity index (χ0n) is 8.17. The van der Waals surface area contributed by atoms with Crippen molar-refractivity contribution < 1.29 is 4.74 Å². The number of ether oxygens (including phenoxy) is 1. The Hall–Kier alpha value is -0.440. The van der Waals surface area contributed by atoms with Crippen LogP contribution in [0.2, 0.25) is 0 Å². The summed E-state index contributed by atoms with van der Waals surface area (Å²) in [6.07, 6.45) is 0. The summed E-state index contributed by atoms with van der Waals surface area (Å²) < 4.78 is 5.11. The lowest BCUT2D eigenvalue weighted by Gasteiger charge is -2.11. The number of hydrogen-bond donors (Lipinski definition) is 1. The molecule has 0 aliphatic rings. The van der Waals surface area contributed by atoms with Crippen molar-refractivity contribution in [3.63, 3.8) is 0 Å². The highest BCUT2D eigenvalue weighted by molar-refractivity contribution is 6.21. The summed E-state index contributed by atoms with van der Waals surface area (Å²) in [5.41, 5.74) is 1.13. The molecule has 0 spiro atoms. The molecule has 2 nitrogen and oxygen atoms in total. The summed E-state index contributed by atoms with van der Waals surface area (Å²) in [5.74, 6) is 2.13. The van der Waals surface area contributed by atoms with Gasteiger partial charge in [-0.1, -0.05) is 12.1 Å². The number of benzene rings is 1. The maximum Gasteiger partial charge on any atom is 0.119 e. The summed E-state index contributed by atoms with van der Waals surface area (Å²) in [6, 6.07) is 7.83. The van der Waals surface area contributed by atoms with E-state index in [4.69, 9.17) is 27.9 Å². The Morgan fingerprint density at radius 2 is 1.93 bits per heavy atom. The summed E-state index contributed by atoms with van der Waals surface area (Å²) in [4.78, 5) is 0. The molecule has 0 heterocycles. The van der Waals surface area contributed by atoms with Crippen LogP contribution in [0.25, 0.3) is 0 Å². The quantitative estimate of drug-likeness (QED) is 0.814. The van der Waals surface area contributed by atoms with Crippen LogP contribution in [-0.2, 0) is 0 Å². The summed E-state index contributed by atoms with van der Waals surface area (Å²) in [7, 11) is 1.65. The van der Waals surface area contributed by atoms with Crippen LogP contribution in [0.3, 0.4) is 0 Å². The molecular weight excluding hydrogens is 221 g/mol. The van der Waals surface area contributed by atoms with Gasteiger partial charge in [0.15, 0.2) is 0 Å². The number of methoxy groups -OCH3 is 1. The largest absolute Gasteiger partial charge is 0.497 e. The molecular formula is C10H15Cl2NO. The second kappa shape index (κ2) is 6.93. The van der Waals surface area contributed by atoms with Crippen LogP contribution in [0.1, 0.15) is 11.5 Å². The smallest absolute Gasteiger partial charge is 0.119 e. The molecule has 0 saturated heterocycles. The van der Waals surface area contributed by atoms with E-state index in [1.54, 1.807) is 7.11 Å². The van der Waals surface area contributed by atoms with E-state index in [0.29, 0.717) is 11.8 Å². The zero-order valence-corrected chi connectivity index (χ0v) is 9.68. The van der Waals surface area contributed by atoms with E-state index in [0.717, 1.165) is 11.3 Å². The minimum Gasteiger partial charge on any atom is -0.497 e. The van der Waals surface area contributed by atoms with Gasteiger partial charge >= 0.3 is 0 Å². The summed E-state index contributed by atoms with van der Waals surface area (Å²) >= 11 is 11.5. The minimum absolute atomic E-state index is 0. The van der Waals surface area contributed by atoms with Gasteiger partial charge in [0.2, 0.25) is 0 Å². The van der Waals surface area contributed by atoms with E-state index in [2.05, 4.69) is 0 Å². The van der Waals surface area contributed by atoms with Crippen LogP contribution in [0.4, 0.5) is 0 Å². The van der Waals surface area contributed by atoms with Crippen LogP contribution in [0.5, 0.6) is 5.75 Å². The van der Waals surface area contributed by atoms with Crippen LogP contribution < -0.4 is 10.9 Å². The van der Waals surface area contributed by atoms with Gasteiger partial charge in [-0.15, -0.1) is 23.2 Å². The highest BCUT2D eigenvalue weighted by atomic mass is 35.5. The van der Waals surface area contributed by atoms with Gasteiger partial charge < -0.3 is 10.9 Å².